The number of hydroxylamine groups is 1. The van der Waals surface area contributed by atoms with Gasteiger partial charge in [0.05, 0.1) is 6.61 Å². The van der Waals surface area contributed by atoms with E-state index in [0.29, 0.717) is 6.04 Å². The Kier molecular flexibility index (Phi) is 2.04. The Labute approximate surface area is 79.2 Å². The predicted molar refractivity (Wildman–Crippen MR) is 50.1 cm³/mol. The third kappa shape index (κ3) is 1.30. The van der Waals surface area contributed by atoms with Crippen molar-refractivity contribution in [2.24, 2.45) is 11.8 Å². The highest BCUT2D eigenvalue weighted by molar-refractivity contribution is 4.97. The first-order chi connectivity index (χ1) is 6.45. The number of fused-ring (bicyclic) bond motifs is 3. The molecule has 0 aromatic rings. The standard InChI is InChI=1S/C10H18N2O/c1-2-4-9-8(3-1)10-7(5-11-9)6-13-12-10/h7-12H,1-6H2. The molecular formula is C10H18N2O. The van der Waals surface area contributed by atoms with Crippen LogP contribution < -0.4 is 10.8 Å². The van der Waals surface area contributed by atoms with Gasteiger partial charge in [0.25, 0.3) is 0 Å². The van der Waals surface area contributed by atoms with E-state index in [1.165, 1.54) is 25.7 Å². The summed E-state index contributed by atoms with van der Waals surface area (Å²) in [5.41, 5.74) is 3.22. The van der Waals surface area contributed by atoms with Gasteiger partial charge in [-0.05, 0) is 18.8 Å². The molecule has 3 aliphatic rings. The van der Waals surface area contributed by atoms with Crippen molar-refractivity contribution >= 4 is 0 Å². The predicted octanol–water partition coefficient (Wildman–Crippen LogP) is 0.668. The lowest BCUT2D eigenvalue weighted by Gasteiger charge is -2.42. The van der Waals surface area contributed by atoms with Crippen molar-refractivity contribution in [1.82, 2.24) is 10.8 Å². The molecule has 3 nitrogen and oxygen atoms in total. The van der Waals surface area contributed by atoms with Gasteiger partial charge in [0.1, 0.15) is 0 Å². The maximum absolute atomic E-state index is 5.35. The molecule has 4 atom stereocenters. The van der Waals surface area contributed by atoms with Crippen LogP contribution in [-0.2, 0) is 4.84 Å². The number of rotatable bonds is 0. The van der Waals surface area contributed by atoms with Crippen molar-refractivity contribution in [3.63, 3.8) is 0 Å². The lowest BCUT2D eigenvalue weighted by atomic mass is 9.73. The first kappa shape index (κ1) is 8.21. The van der Waals surface area contributed by atoms with Crippen LogP contribution in [0.1, 0.15) is 25.7 Å². The molecule has 1 aliphatic carbocycles. The van der Waals surface area contributed by atoms with Gasteiger partial charge >= 0.3 is 0 Å². The van der Waals surface area contributed by atoms with Crippen LogP contribution in [0.3, 0.4) is 0 Å². The highest BCUT2D eigenvalue weighted by Gasteiger charge is 2.43. The molecule has 13 heavy (non-hydrogen) atoms. The van der Waals surface area contributed by atoms with E-state index in [2.05, 4.69) is 10.8 Å². The van der Waals surface area contributed by atoms with Gasteiger partial charge in [-0.3, -0.25) is 0 Å². The SMILES string of the molecule is C1CCC2C(C1)NCC1CONC12. The normalized spacial score (nSPS) is 49.8. The maximum atomic E-state index is 5.35. The minimum Gasteiger partial charge on any atom is -0.313 e. The maximum Gasteiger partial charge on any atom is 0.0738 e. The average Bonchev–Trinajstić information content (AvgIpc) is 2.65. The second kappa shape index (κ2) is 3.23. The van der Waals surface area contributed by atoms with Crippen LogP contribution in [0.2, 0.25) is 0 Å². The summed E-state index contributed by atoms with van der Waals surface area (Å²) in [7, 11) is 0. The molecule has 2 aliphatic heterocycles. The van der Waals surface area contributed by atoms with Crippen LogP contribution in [0.15, 0.2) is 0 Å². The molecule has 74 valence electrons. The second-order valence-corrected chi connectivity index (χ2v) is 4.68. The van der Waals surface area contributed by atoms with Gasteiger partial charge in [0.2, 0.25) is 0 Å². The molecular weight excluding hydrogens is 164 g/mol. The van der Waals surface area contributed by atoms with Crippen molar-refractivity contribution in [3.05, 3.63) is 0 Å². The molecule has 1 saturated carbocycles. The zero-order chi connectivity index (χ0) is 8.67. The van der Waals surface area contributed by atoms with Crippen molar-refractivity contribution in [1.29, 1.82) is 0 Å². The Morgan fingerprint density at radius 2 is 2.08 bits per heavy atom. The molecule has 0 radical (unpaired) electrons. The summed E-state index contributed by atoms with van der Waals surface area (Å²) in [6.45, 7) is 2.06. The van der Waals surface area contributed by atoms with E-state index in [9.17, 15) is 0 Å². The van der Waals surface area contributed by atoms with Crippen LogP contribution in [0.4, 0.5) is 0 Å². The van der Waals surface area contributed by atoms with Crippen molar-refractivity contribution in [2.45, 2.75) is 37.8 Å². The van der Waals surface area contributed by atoms with Crippen molar-refractivity contribution < 1.29 is 4.84 Å². The van der Waals surface area contributed by atoms with Gasteiger partial charge in [-0.25, -0.2) is 0 Å². The Bertz CT molecular complexity index is 197. The molecule has 0 amide bonds. The van der Waals surface area contributed by atoms with Crippen LogP contribution in [-0.4, -0.2) is 25.2 Å². The van der Waals surface area contributed by atoms with Crippen LogP contribution >= 0.6 is 0 Å². The monoisotopic (exact) mass is 182 g/mol. The molecule has 3 rings (SSSR count). The van der Waals surface area contributed by atoms with Gasteiger partial charge in [0, 0.05) is 24.5 Å². The van der Waals surface area contributed by atoms with Gasteiger partial charge in [-0.15, -0.1) is 0 Å². The lowest BCUT2D eigenvalue weighted by molar-refractivity contribution is 0.0658. The molecule has 3 heteroatoms. The molecule has 0 aromatic carbocycles. The molecule has 2 heterocycles. The van der Waals surface area contributed by atoms with Gasteiger partial charge in [-0.2, -0.15) is 5.48 Å². The van der Waals surface area contributed by atoms with E-state index >= 15 is 0 Å². The second-order valence-electron chi connectivity index (χ2n) is 4.68. The van der Waals surface area contributed by atoms with E-state index < -0.39 is 0 Å². The summed E-state index contributed by atoms with van der Waals surface area (Å²) < 4.78 is 0. The number of hydrogen-bond acceptors (Lipinski definition) is 3. The van der Waals surface area contributed by atoms with E-state index in [4.69, 9.17) is 4.84 Å². The van der Waals surface area contributed by atoms with Gasteiger partial charge in [-0.1, -0.05) is 12.8 Å². The molecule has 0 bridgehead atoms. The summed E-state index contributed by atoms with van der Waals surface area (Å²) in [4.78, 5) is 5.35. The summed E-state index contributed by atoms with van der Waals surface area (Å²) >= 11 is 0. The number of nitrogens with one attached hydrogen (secondary N) is 2. The highest BCUT2D eigenvalue weighted by atomic mass is 16.7. The molecule has 2 saturated heterocycles. The summed E-state index contributed by atoms with van der Waals surface area (Å²) in [6, 6.07) is 1.41. The average molecular weight is 182 g/mol. The molecule has 3 fully saturated rings. The smallest absolute Gasteiger partial charge is 0.0738 e. The van der Waals surface area contributed by atoms with E-state index in [-0.39, 0.29) is 0 Å². The Morgan fingerprint density at radius 1 is 1.15 bits per heavy atom. The number of piperidine rings is 1. The quantitative estimate of drug-likeness (QED) is 0.577. The fourth-order valence-corrected chi connectivity index (χ4v) is 3.22. The van der Waals surface area contributed by atoms with Crippen molar-refractivity contribution in [3.8, 4) is 0 Å². The Morgan fingerprint density at radius 3 is 3.08 bits per heavy atom. The van der Waals surface area contributed by atoms with Gasteiger partial charge < -0.3 is 10.2 Å². The summed E-state index contributed by atoms with van der Waals surface area (Å²) in [6.07, 6.45) is 5.57. The van der Waals surface area contributed by atoms with Crippen molar-refractivity contribution in [2.75, 3.05) is 13.2 Å². The third-order valence-electron chi connectivity index (χ3n) is 3.95. The zero-order valence-corrected chi connectivity index (χ0v) is 7.96. The fraction of sp³-hybridized carbons (Fsp3) is 1.00. The summed E-state index contributed by atoms with van der Waals surface area (Å²) in [5.74, 6) is 1.55. The van der Waals surface area contributed by atoms with Crippen LogP contribution in [0.25, 0.3) is 0 Å². The van der Waals surface area contributed by atoms with Crippen LogP contribution in [0, 0.1) is 11.8 Å². The van der Waals surface area contributed by atoms with E-state index in [1.54, 1.807) is 0 Å². The Balaban J connectivity index is 1.77. The molecule has 0 aromatic heterocycles. The van der Waals surface area contributed by atoms with E-state index in [0.717, 1.165) is 31.0 Å². The van der Waals surface area contributed by atoms with Crippen LogP contribution in [0.5, 0.6) is 0 Å². The van der Waals surface area contributed by atoms with E-state index in [1.807, 2.05) is 0 Å². The minimum atomic E-state index is 0.645. The molecule has 0 spiro atoms. The number of hydrogen-bond donors (Lipinski definition) is 2. The molecule has 2 N–H and O–H groups in total. The highest BCUT2D eigenvalue weighted by Crippen LogP contribution is 2.34. The first-order valence-corrected chi connectivity index (χ1v) is 5.56. The minimum absolute atomic E-state index is 0.645. The summed E-state index contributed by atoms with van der Waals surface area (Å²) in [5, 5.41) is 3.67. The lowest BCUT2D eigenvalue weighted by Crippen LogP contribution is -2.56. The molecule has 4 unspecified atom stereocenters. The topological polar surface area (TPSA) is 33.3 Å². The van der Waals surface area contributed by atoms with Gasteiger partial charge in [0.15, 0.2) is 0 Å². The first-order valence-electron chi connectivity index (χ1n) is 5.56. The fourth-order valence-electron chi connectivity index (χ4n) is 3.22. The zero-order valence-electron chi connectivity index (χ0n) is 7.96. The Hall–Kier alpha value is -0.120. The largest absolute Gasteiger partial charge is 0.313 e. The third-order valence-corrected chi connectivity index (χ3v) is 3.95.